The first kappa shape index (κ1) is 17.7. The maximum atomic E-state index is 12.5. The van der Waals surface area contributed by atoms with Crippen LogP contribution < -0.4 is 5.32 Å². The van der Waals surface area contributed by atoms with Gasteiger partial charge in [-0.15, -0.1) is 0 Å². The average Bonchev–Trinajstić information content (AvgIpc) is 2.75. The van der Waals surface area contributed by atoms with E-state index in [9.17, 15) is 9.59 Å². The molecule has 6 heteroatoms. The van der Waals surface area contributed by atoms with Gasteiger partial charge in [0.05, 0.1) is 11.3 Å². The predicted octanol–water partition coefficient (Wildman–Crippen LogP) is 2.86. The summed E-state index contributed by atoms with van der Waals surface area (Å²) in [5.74, 6) is -1.40. The van der Waals surface area contributed by atoms with Gasteiger partial charge in [-0.05, 0) is 50.5 Å². The maximum absolute atomic E-state index is 12.5. The smallest absolute Gasteiger partial charge is 0.335 e. The van der Waals surface area contributed by atoms with Gasteiger partial charge in [-0.25, -0.2) is 4.79 Å². The molecule has 0 aliphatic heterocycles. The highest BCUT2D eigenvalue weighted by atomic mass is 16.4. The van der Waals surface area contributed by atoms with Crippen molar-refractivity contribution in [2.24, 2.45) is 13.0 Å². The van der Waals surface area contributed by atoms with Crippen molar-refractivity contribution in [2.45, 2.75) is 34.1 Å². The van der Waals surface area contributed by atoms with E-state index in [1.54, 1.807) is 6.07 Å². The summed E-state index contributed by atoms with van der Waals surface area (Å²) >= 11 is 0. The number of aromatic carboxylic acids is 1. The second-order valence-electron chi connectivity index (χ2n) is 6.20. The van der Waals surface area contributed by atoms with Crippen molar-refractivity contribution in [1.29, 1.82) is 0 Å². The van der Waals surface area contributed by atoms with Gasteiger partial charge in [0.25, 0.3) is 0 Å². The number of carbonyl (C=O) groups is 2. The van der Waals surface area contributed by atoms with Crippen LogP contribution in [-0.2, 0) is 18.3 Å². The number of aromatic nitrogens is 2. The molecule has 0 radical (unpaired) electrons. The Kier molecular flexibility index (Phi) is 5.07. The molecule has 0 aliphatic rings. The van der Waals surface area contributed by atoms with Gasteiger partial charge in [-0.1, -0.05) is 13.0 Å². The van der Waals surface area contributed by atoms with Crippen LogP contribution in [0.1, 0.15) is 39.8 Å². The van der Waals surface area contributed by atoms with Crippen molar-refractivity contribution >= 4 is 17.6 Å². The molecule has 2 N–H and O–H groups in total. The van der Waals surface area contributed by atoms with E-state index in [2.05, 4.69) is 10.4 Å². The van der Waals surface area contributed by atoms with Crippen LogP contribution in [0.3, 0.4) is 0 Å². The quantitative estimate of drug-likeness (QED) is 0.883. The zero-order chi connectivity index (χ0) is 18.0. The van der Waals surface area contributed by atoms with E-state index in [4.69, 9.17) is 5.11 Å². The maximum Gasteiger partial charge on any atom is 0.335 e. The summed E-state index contributed by atoms with van der Waals surface area (Å²) in [6.45, 7) is 7.62. The molecule has 0 bridgehead atoms. The third-order valence-electron chi connectivity index (χ3n) is 4.36. The third kappa shape index (κ3) is 3.64. The Balaban J connectivity index is 2.15. The SMILES string of the molecule is Cc1ccc(C(=O)O)cc1NC(=O)[C@H](C)Cc1c(C)nn(C)c1C. The Labute approximate surface area is 141 Å². The number of aryl methyl sites for hydroxylation is 3. The lowest BCUT2D eigenvalue weighted by Gasteiger charge is -2.14. The molecule has 1 aromatic heterocycles. The van der Waals surface area contributed by atoms with E-state index in [-0.39, 0.29) is 17.4 Å². The van der Waals surface area contributed by atoms with E-state index in [1.807, 2.05) is 39.4 Å². The number of nitrogens with one attached hydrogen (secondary N) is 1. The first-order chi connectivity index (χ1) is 11.2. The highest BCUT2D eigenvalue weighted by Crippen LogP contribution is 2.21. The number of nitrogens with zero attached hydrogens (tertiary/aromatic N) is 2. The molecule has 1 heterocycles. The first-order valence-electron chi connectivity index (χ1n) is 7.84. The molecule has 6 nitrogen and oxygen atoms in total. The molecule has 0 unspecified atom stereocenters. The lowest BCUT2D eigenvalue weighted by atomic mass is 9.98. The van der Waals surface area contributed by atoms with E-state index in [1.165, 1.54) is 12.1 Å². The molecule has 128 valence electrons. The minimum Gasteiger partial charge on any atom is -0.478 e. The van der Waals surface area contributed by atoms with E-state index in [0.717, 1.165) is 22.5 Å². The van der Waals surface area contributed by atoms with Crippen molar-refractivity contribution in [3.05, 3.63) is 46.3 Å². The van der Waals surface area contributed by atoms with Crippen LogP contribution in [0.2, 0.25) is 0 Å². The molecule has 2 rings (SSSR count). The van der Waals surface area contributed by atoms with Gasteiger partial charge in [0.15, 0.2) is 0 Å². The van der Waals surface area contributed by atoms with Gasteiger partial charge in [0, 0.05) is 24.3 Å². The van der Waals surface area contributed by atoms with Crippen LogP contribution in [0.5, 0.6) is 0 Å². The van der Waals surface area contributed by atoms with E-state index >= 15 is 0 Å². The summed E-state index contributed by atoms with van der Waals surface area (Å²) in [7, 11) is 1.89. The molecule has 1 amide bonds. The van der Waals surface area contributed by atoms with Crippen molar-refractivity contribution in [3.8, 4) is 0 Å². The van der Waals surface area contributed by atoms with Crippen molar-refractivity contribution in [2.75, 3.05) is 5.32 Å². The number of rotatable bonds is 5. The second-order valence-corrected chi connectivity index (χ2v) is 6.20. The van der Waals surface area contributed by atoms with Crippen LogP contribution in [0, 0.1) is 26.7 Å². The normalized spacial score (nSPS) is 12.0. The topological polar surface area (TPSA) is 84.2 Å². The number of hydrogen-bond acceptors (Lipinski definition) is 3. The number of anilines is 1. The summed E-state index contributed by atoms with van der Waals surface area (Å²) < 4.78 is 1.82. The number of hydrogen-bond donors (Lipinski definition) is 2. The zero-order valence-electron chi connectivity index (χ0n) is 14.7. The minimum absolute atomic E-state index is 0.136. The molecule has 0 aliphatic carbocycles. The number of carboxylic acid groups (broad SMARTS) is 1. The summed E-state index contributed by atoms with van der Waals surface area (Å²) in [6.07, 6.45) is 0.592. The van der Waals surface area contributed by atoms with Crippen molar-refractivity contribution < 1.29 is 14.7 Å². The average molecular weight is 329 g/mol. The molecule has 0 fully saturated rings. The Hall–Kier alpha value is -2.63. The molecule has 0 spiro atoms. The van der Waals surface area contributed by atoms with E-state index in [0.29, 0.717) is 12.1 Å². The van der Waals surface area contributed by atoms with Crippen LogP contribution in [0.25, 0.3) is 0 Å². The molecule has 24 heavy (non-hydrogen) atoms. The Morgan fingerprint density at radius 3 is 2.50 bits per heavy atom. The Morgan fingerprint density at radius 2 is 1.96 bits per heavy atom. The number of carbonyl (C=O) groups excluding carboxylic acids is 1. The summed E-state index contributed by atoms with van der Waals surface area (Å²) in [5.41, 5.74) is 4.58. The Morgan fingerprint density at radius 1 is 1.29 bits per heavy atom. The van der Waals surface area contributed by atoms with Gasteiger partial charge in [0.1, 0.15) is 0 Å². The van der Waals surface area contributed by atoms with Gasteiger partial charge in [0.2, 0.25) is 5.91 Å². The highest BCUT2D eigenvalue weighted by Gasteiger charge is 2.19. The van der Waals surface area contributed by atoms with Crippen LogP contribution in [-0.4, -0.2) is 26.8 Å². The lowest BCUT2D eigenvalue weighted by molar-refractivity contribution is -0.119. The second kappa shape index (κ2) is 6.86. The molecular formula is C18H23N3O3. The fourth-order valence-corrected chi connectivity index (χ4v) is 2.66. The monoisotopic (exact) mass is 329 g/mol. The summed E-state index contributed by atoms with van der Waals surface area (Å²) in [5, 5.41) is 16.3. The summed E-state index contributed by atoms with van der Waals surface area (Å²) in [6, 6.07) is 4.71. The minimum atomic E-state index is -1.01. The first-order valence-corrected chi connectivity index (χ1v) is 7.84. The number of carboxylic acids is 1. The molecular weight excluding hydrogens is 306 g/mol. The van der Waals surface area contributed by atoms with Gasteiger partial charge in [-0.3, -0.25) is 9.48 Å². The standard InChI is InChI=1S/C18H23N3O3/c1-10-6-7-14(18(23)24)9-16(10)19-17(22)11(2)8-15-12(3)20-21(5)13(15)4/h6-7,9,11H,8H2,1-5H3,(H,19,22)(H,23,24)/t11-/m1/s1. The van der Waals surface area contributed by atoms with Crippen LogP contribution in [0.4, 0.5) is 5.69 Å². The Bertz CT molecular complexity index is 793. The molecule has 1 aromatic carbocycles. The number of amides is 1. The third-order valence-corrected chi connectivity index (χ3v) is 4.36. The molecule has 2 aromatic rings. The van der Waals surface area contributed by atoms with Crippen molar-refractivity contribution in [1.82, 2.24) is 9.78 Å². The highest BCUT2D eigenvalue weighted by molar-refractivity contribution is 5.95. The van der Waals surface area contributed by atoms with Crippen LogP contribution in [0.15, 0.2) is 18.2 Å². The number of benzene rings is 1. The lowest BCUT2D eigenvalue weighted by Crippen LogP contribution is -2.23. The van der Waals surface area contributed by atoms with Crippen molar-refractivity contribution in [3.63, 3.8) is 0 Å². The molecule has 1 atom stereocenters. The predicted molar refractivity (Wildman–Crippen MR) is 92.3 cm³/mol. The van der Waals surface area contributed by atoms with E-state index < -0.39 is 5.97 Å². The summed E-state index contributed by atoms with van der Waals surface area (Å²) in [4.78, 5) is 23.6. The van der Waals surface area contributed by atoms with Gasteiger partial charge >= 0.3 is 5.97 Å². The van der Waals surface area contributed by atoms with Gasteiger partial charge < -0.3 is 10.4 Å². The largest absolute Gasteiger partial charge is 0.478 e. The molecule has 0 saturated heterocycles. The fraction of sp³-hybridized carbons (Fsp3) is 0.389. The zero-order valence-corrected chi connectivity index (χ0v) is 14.7. The fourth-order valence-electron chi connectivity index (χ4n) is 2.66. The van der Waals surface area contributed by atoms with Crippen LogP contribution >= 0.6 is 0 Å². The van der Waals surface area contributed by atoms with Gasteiger partial charge in [-0.2, -0.15) is 5.10 Å². The molecule has 0 saturated carbocycles.